The maximum atomic E-state index is 6.06. The summed E-state index contributed by atoms with van der Waals surface area (Å²) in [6.45, 7) is 2.01. The first kappa shape index (κ1) is 18.6. The summed E-state index contributed by atoms with van der Waals surface area (Å²) in [7, 11) is 0. The molecule has 0 radical (unpaired) electrons. The number of nitrogens with two attached hydrogens (primary N) is 1. The maximum Gasteiger partial charge on any atom is 0.222 e. The Labute approximate surface area is 187 Å². The summed E-state index contributed by atoms with van der Waals surface area (Å²) in [5, 5.41) is 6.35. The van der Waals surface area contributed by atoms with Crippen molar-refractivity contribution in [3.63, 3.8) is 0 Å². The van der Waals surface area contributed by atoms with E-state index in [1.165, 1.54) is 0 Å². The topological polar surface area (TPSA) is 102 Å². The van der Waals surface area contributed by atoms with E-state index < -0.39 is 0 Å². The van der Waals surface area contributed by atoms with Gasteiger partial charge < -0.3 is 11.1 Å². The second kappa shape index (κ2) is 7.21. The van der Waals surface area contributed by atoms with Crippen LogP contribution in [0, 0.1) is 6.92 Å². The Morgan fingerprint density at radius 3 is 2.72 bits per heavy atom. The van der Waals surface area contributed by atoms with Gasteiger partial charge in [-0.25, -0.2) is 19.9 Å². The van der Waals surface area contributed by atoms with Crippen LogP contribution in [-0.2, 0) is 0 Å². The average molecular weight is 436 g/mol. The van der Waals surface area contributed by atoms with Gasteiger partial charge in [0.25, 0.3) is 0 Å². The highest BCUT2D eigenvalue weighted by molar-refractivity contribution is 7.18. The number of aromatic nitrogens is 5. The molecule has 0 aliphatic rings. The van der Waals surface area contributed by atoms with Gasteiger partial charge in [-0.15, -0.1) is 11.3 Å². The van der Waals surface area contributed by atoms with Gasteiger partial charge in [-0.3, -0.25) is 0 Å². The number of hydrogen-bond donors (Lipinski definition) is 2. The second-order valence-corrected chi connectivity index (χ2v) is 8.67. The van der Waals surface area contributed by atoms with E-state index in [0.717, 1.165) is 53.8 Å². The predicted molar refractivity (Wildman–Crippen MR) is 130 cm³/mol. The highest BCUT2D eigenvalue weighted by Gasteiger charge is 2.15. The summed E-state index contributed by atoms with van der Waals surface area (Å²) >= 11 is 1.66. The third-order valence-electron chi connectivity index (χ3n) is 5.32. The molecule has 0 fully saturated rings. The summed E-state index contributed by atoms with van der Waals surface area (Å²) < 4.78 is 1.12. The molecule has 3 aromatic carbocycles. The lowest BCUT2D eigenvalue weighted by Gasteiger charge is -2.14. The molecule has 154 valence electrons. The van der Waals surface area contributed by atoms with Crippen LogP contribution in [0.5, 0.6) is 0 Å². The molecule has 6 aromatic rings. The number of nitrogen functional groups attached to an aromatic ring is 1. The first-order valence-corrected chi connectivity index (χ1v) is 10.9. The van der Waals surface area contributed by atoms with E-state index in [0.29, 0.717) is 5.82 Å². The zero-order chi connectivity index (χ0) is 21.7. The largest absolute Gasteiger partial charge is 0.368 e. The van der Waals surface area contributed by atoms with Crippen LogP contribution in [-0.4, -0.2) is 24.9 Å². The third kappa shape index (κ3) is 3.09. The molecule has 0 unspecified atom stereocenters. The Hall–Kier alpha value is -4.17. The fourth-order valence-electron chi connectivity index (χ4n) is 4.00. The predicted octanol–water partition coefficient (Wildman–Crippen LogP) is 5.48. The van der Waals surface area contributed by atoms with Crippen molar-refractivity contribution in [1.29, 1.82) is 0 Å². The second-order valence-electron chi connectivity index (χ2n) is 7.44. The quantitative estimate of drug-likeness (QED) is 0.379. The molecule has 0 aliphatic heterocycles. The number of hydrogen-bond acceptors (Lipinski definition) is 8. The number of nitrogens with one attached hydrogen (secondary N) is 1. The van der Waals surface area contributed by atoms with Gasteiger partial charge in [-0.1, -0.05) is 30.3 Å². The van der Waals surface area contributed by atoms with Crippen LogP contribution >= 0.6 is 11.3 Å². The van der Waals surface area contributed by atoms with Crippen LogP contribution in [0.4, 0.5) is 17.5 Å². The number of aryl methyl sites for hydroxylation is 1. The minimum absolute atomic E-state index is 0.215. The minimum atomic E-state index is 0.215. The van der Waals surface area contributed by atoms with E-state index in [1.54, 1.807) is 17.7 Å². The molecule has 3 heterocycles. The molecule has 7 nitrogen and oxygen atoms in total. The van der Waals surface area contributed by atoms with Crippen LogP contribution in [0.3, 0.4) is 0 Å². The molecule has 0 bridgehead atoms. The van der Waals surface area contributed by atoms with E-state index in [-0.39, 0.29) is 5.95 Å². The normalized spacial score (nSPS) is 11.4. The van der Waals surface area contributed by atoms with E-state index in [9.17, 15) is 0 Å². The van der Waals surface area contributed by atoms with Crippen LogP contribution in [0.2, 0.25) is 0 Å². The maximum absolute atomic E-state index is 6.06. The average Bonchev–Trinajstić information content (AvgIpc) is 3.17. The molecule has 0 aliphatic carbocycles. The van der Waals surface area contributed by atoms with Crippen LogP contribution in [0.25, 0.3) is 43.1 Å². The van der Waals surface area contributed by atoms with Crippen LogP contribution in [0.15, 0.2) is 67.1 Å². The van der Waals surface area contributed by atoms with E-state index >= 15 is 0 Å². The van der Waals surface area contributed by atoms with Gasteiger partial charge in [-0.05, 0) is 36.8 Å². The van der Waals surface area contributed by atoms with Crippen molar-refractivity contribution in [3.05, 3.63) is 72.1 Å². The molecule has 32 heavy (non-hydrogen) atoms. The first-order chi connectivity index (χ1) is 15.7. The van der Waals surface area contributed by atoms with Crippen LogP contribution in [0.1, 0.15) is 5.01 Å². The number of fused-ring (bicyclic) bond motifs is 3. The Morgan fingerprint density at radius 1 is 0.906 bits per heavy atom. The number of para-hydroxylation sites is 1. The molecule has 0 amide bonds. The molecular weight excluding hydrogens is 418 g/mol. The van der Waals surface area contributed by atoms with Crippen molar-refractivity contribution in [3.8, 4) is 11.1 Å². The fraction of sp³-hybridized carbons (Fsp3) is 0.0417. The van der Waals surface area contributed by atoms with Gasteiger partial charge in [-0.2, -0.15) is 4.98 Å². The lowest BCUT2D eigenvalue weighted by molar-refractivity contribution is 1.22. The summed E-state index contributed by atoms with van der Waals surface area (Å²) in [5.41, 5.74) is 11.6. The van der Waals surface area contributed by atoms with Gasteiger partial charge in [0.1, 0.15) is 12.1 Å². The van der Waals surface area contributed by atoms with Gasteiger partial charge >= 0.3 is 0 Å². The van der Waals surface area contributed by atoms with Gasteiger partial charge in [0.05, 0.1) is 31.6 Å². The summed E-state index contributed by atoms with van der Waals surface area (Å²) in [4.78, 5) is 22.3. The lowest BCUT2D eigenvalue weighted by atomic mass is 9.98. The zero-order valence-electron chi connectivity index (χ0n) is 17.1. The van der Waals surface area contributed by atoms with Crippen molar-refractivity contribution in [1.82, 2.24) is 24.9 Å². The Balaban J connectivity index is 1.58. The highest BCUT2D eigenvalue weighted by atomic mass is 32.1. The van der Waals surface area contributed by atoms with Crippen molar-refractivity contribution >= 4 is 60.8 Å². The Bertz CT molecular complexity index is 1640. The first-order valence-electron chi connectivity index (χ1n) is 10.1. The molecule has 8 heteroatoms. The molecule has 0 spiro atoms. The Morgan fingerprint density at radius 2 is 1.78 bits per heavy atom. The van der Waals surface area contributed by atoms with E-state index in [1.807, 2.05) is 49.5 Å². The molecule has 3 aromatic heterocycles. The number of thiazole rings is 1. The third-order valence-corrected chi connectivity index (χ3v) is 6.26. The van der Waals surface area contributed by atoms with E-state index in [2.05, 4.69) is 48.4 Å². The molecule has 3 N–H and O–H groups in total. The minimum Gasteiger partial charge on any atom is -0.368 e. The fourth-order valence-corrected chi connectivity index (χ4v) is 4.87. The Kier molecular flexibility index (Phi) is 4.19. The number of nitrogens with zero attached hydrogens (tertiary/aromatic N) is 5. The molecular formula is C24H17N7S. The smallest absolute Gasteiger partial charge is 0.222 e. The molecule has 0 saturated heterocycles. The monoisotopic (exact) mass is 435 g/mol. The standard InChI is InChI=1S/C24H17N7S/c1-13-28-18-9-8-15(10-20(18)32-13)29-23-21-16(5-3-7-19(21)30-24(25)31-23)17-6-2-4-14-11-26-12-27-22(14)17/h2-12H,1H3,(H3,25,29,30,31). The zero-order valence-corrected chi connectivity index (χ0v) is 17.9. The van der Waals surface area contributed by atoms with Gasteiger partial charge in [0.15, 0.2) is 0 Å². The summed E-state index contributed by atoms with van der Waals surface area (Å²) in [6, 6.07) is 18.1. The molecule has 6 rings (SSSR count). The molecule has 0 saturated carbocycles. The van der Waals surface area contributed by atoms with Crippen molar-refractivity contribution < 1.29 is 0 Å². The van der Waals surface area contributed by atoms with Crippen molar-refractivity contribution in [2.75, 3.05) is 11.1 Å². The molecule has 0 atom stereocenters. The van der Waals surface area contributed by atoms with E-state index in [4.69, 9.17) is 5.73 Å². The lowest BCUT2D eigenvalue weighted by Crippen LogP contribution is -2.02. The highest BCUT2D eigenvalue weighted by Crippen LogP contribution is 2.37. The van der Waals surface area contributed by atoms with Crippen molar-refractivity contribution in [2.45, 2.75) is 6.92 Å². The summed E-state index contributed by atoms with van der Waals surface area (Å²) in [5.74, 6) is 0.863. The SMILES string of the molecule is Cc1nc2ccc(Nc3nc(N)nc4cccc(-c5cccc6cncnc56)c34)cc2s1. The van der Waals surface area contributed by atoms with Gasteiger partial charge in [0, 0.05) is 22.8 Å². The van der Waals surface area contributed by atoms with Gasteiger partial charge in [0.2, 0.25) is 5.95 Å². The summed E-state index contributed by atoms with van der Waals surface area (Å²) in [6.07, 6.45) is 3.38. The van der Waals surface area contributed by atoms with Crippen LogP contribution < -0.4 is 11.1 Å². The number of rotatable bonds is 3. The number of anilines is 3. The number of benzene rings is 3. The van der Waals surface area contributed by atoms with Crippen molar-refractivity contribution in [2.24, 2.45) is 0 Å².